The molecule has 0 saturated heterocycles. The molecule has 2 aromatic carbocycles. The third kappa shape index (κ3) is 3.42. The van der Waals surface area contributed by atoms with Gasteiger partial charge < -0.3 is 0 Å². The first kappa shape index (κ1) is 17.7. The summed E-state index contributed by atoms with van der Waals surface area (Å²) in [7, 11) is 0. The van der Waals surface area contributed by atoms with Gasteiger partial charge in [-0.05, 0) is 38.1 Å². The molecule has 0 aliphatic rings. The number of para-hydroxylation sites is 1. The fourth-order valence-corrected chi connectivity index (χ4v) is 3.16. The van der Waals surface area contributed by atoms with Crippen LogP contribution in [0.3, 0.4) is 0 Å². The van der Waals surface area contributed by atoms with Crippen LogP contribution >= 0.6 is 0 Å². The maximum atomic E-state index is 13.3. The molecule has 0 aliphatic carbocycles. The number of aryl methyl sites for hydroxylation is 1. The van der Waals surface area contributed by atoms with Crippen molar-refractivity contribution in [2.24, 2.45) is 4.99 Å². The Labute approximate surface area is 163 Å². The molecule has 0 amide bonds. The van der Waals surface area contributed by atoms with Crippen LogP contribution in [-0.4, -0.2) is 20.5 Å². The van der Waals surface area contributed by atoms with Crippen LogP contribution in [0, 0.1) is 6.92 Å². The Hall–Kier alpha value is -3.73. The molecule has 1 N–H and O–H groups in total. The van der Waals surface area contributed by atoms with Gasteiger partial charge in [0.25, 0.3) is 5.56 Å². The summed E-state index contributed by atoms with van der Waals surface area (Å²) in [5.74, 6) is 0.586. The Morgan fingerprint density at radius 1 is 0.929 bits per heavy atom. The molecular weight excluding hydrogens is 348 g/mol. The third-order valence-electron chi connectivity index (χ3n) is 4.49. The van der Waals surface area contributed by atoms with Crippen molar-refractivity contribution in [2.75, 3.05) is 0 Å². The van der Waals surface area contributed by atoms with E-state index >= 15 is 0 Å². The number of rotatable bonds is 4. The highest BCUT2D eigenvalue weighted by Crippen LogP contribution is 2.22. The van der Waals surface area contributed by atoms with Crippen LogP contribution < -0.4 is 5.56 Å². The number of nitrogens with one attached hydrogen (secondary N) is 1. The Bertz CT molecular complexity index is 1190. The Morgan fingerprint density at radius 3 is 2.29 bits per heavy atom. The van der Waals surface area contributed by atoms with Crippen LogP contribution in [0.5, 0.6) is 0 Å². The highest BCUT2D eigenvalue weighted by Gasteiger charge is 2.19. The Kier molecular flexibility index (Phi) is 4.72. The van der Waals surface area contributed by atoms with E-state index < -0.39 is 0 Å². The van der Waals surface area contributed by atoms with Crippen molar-refractivity contribution in [3.8, 4) is 16.9 Å². The number of aromatic amines is 1. The van der Waals surface area contributed by atoms with Gasteiger partial charge in [0.05, 0.1) is 22.7 Å². The molecule has 0 aliphatic heterocycles. The molecule has 5 heteroatoms. The molecule has 0 unspecified atom stereocenters. The minimum Gasteiger partial charge on any atom is -0.290 e. The molecule has 0 spiro atoms. The number of pyridine rings is 1. The number of nitrogens with zero attached hydrogens (tertiary/aromatic N) is 3. The van der Waals surface area contributed by atoms with Crippen LogP contribution in [0.15, 0.2) is 88.6 Å². The highest BCUT2D eigenvalue weighted by atomic mass is 16.1. The number of hydrogen-bond donors (Lipinski definition) is 1. The van der Waals surface area contributed by atoms with Gasteiger partial charge in [-0.25, -0.2) is 14.7 Å². The zero-order valence-electron chi connectivity index (χ0n) is 15.8. The predicted octanol–water partition coefficient (Wildman–Crippen LogP) is 4.68. The summed E-state index contributed by atoms with van der Waals surface area (Å²) in [6.07, 6.45) is 0. The van der Waals surface area contributed by atoms with Crippen LogP contribution in [-0.2, 0) is 0 Å². The molecule has 0 atom stereocenters. The molecule has 2 aromatic heterocycles. The van der Waals surface area contributed by atoms with Crippen molar-refractivity contribution in [1.82, 2.24) is 14.8 Å². The number of hydrogen-bond acceptors (Lipinski definition) is 3. The van der Waals surface area contributed by atoms with Gasteiger partial charge in [0, 0.05) is 11.3 Å². The van der Waals surface area contributed by atoms with E-state index in [4.69, 9.17) is 0 Å². The topological polar surface area (TPSA) is 63.0 Å². The fourth-order valence-electron chi connectivity index (χ4n) is 3.16. The SMILES string of the molecule is C/C(=N\c1cccc(C)n1)c1c(-c2ccccc2)[nH]n(-c2ccccc2)c1=O. The van der Waals surface area contributed by atoms with Crippen molar-refractivity contribution in [2.45, 2.75) is 13.8 Å². The largest absolute Gasteiger partial charge is 0.290 e. The zero-order valence-corrected chi connectivity index (χ0v) is 15.8. The van der Waals surface area contributed by atoms with Crippen LogP contribution in [0.4, 0.5) is 5.82 Å². The monoisotopic (exact) mass is 368 g/mol. The lowest BCUT2D eigenvalue weighted by Gasteiger charge is -2.03. The molecule has 138 valence electrons. The van der Waals surface area contributed by atoms with E-state index in [9.17, 15) is 4.79 Å². The van der Waals surface area contributed by atoms with E-state index in [1.165, 1.54) is 0 Å². The standard InChI is InChI=1S/C23H20N4O/c1-16-10-9-15-20(24-16)25-17(2)21-22(18-11-5-3-6-12-18)26-27(23(21)28)19-13-7-4-8-14-19/h3-15,26H,1-2H3/b25-17+. The molecule has 2 heterocycles. The lowest BCUT2D eigenvalue weighted by atomic mass is 10.1. The Morgan fingerprint density at radius 2 is 1.61 bits per heavy atom. The minimum absolute atomic E-state index is 0.140. The molecular formula is C23H20N4O. The van der Waals surface area contributed by atoms with E-state index in [2.05, 4.69) is 15.1 Å². The van der Waals surface area contributed by atoms with Gasteiger partial charge in [0.15, 0.2) is 5.82 Å². The second-order valence-corrected chi connectivity index (χ2v) is 6.54. The van der Waals surface area contributed by atoms with E-state index in [1.807, 2.05) is 92.7 Å². The highest BCUT2D eigenvalue weighted by molar-refractivity contribution is 6.04. The maximum Gasteiger partial charge on any atom is 0.280 e. The zero-order chi connectivity index (χ0) is 19.5. The molecule has 0 saturated carbocycles. The van der Waals surface area contributed by atoms with Gasteiger partial charge >= 0.3 is 0 Å². The van der Waals surface area contributed by atoms with Crippen molar-refractivity contribution >= 4 is 11.5 Å². The normalized spacial score (nSPS) is 11.6. The van der Waals surface area contributed by atoms with Crippen molar-refractivity contribution < 1.29 is 0 Å². The third-order valence-corrected chi connectivity index (χ3v) is 4.49. The van der Waals surface area contributed by atoms with Crippen molar-refractivity contribution in [3.05, 3.63) is 100 Å². The number of H-pyrrole nitrogens is 1. The van der Waals surface area contributed by atoms with Gasteiger partial charge in [-0.2, -0.15) is 0 Å². The summed E-state index contributed by atoms with van der Waals surface area (Å²) < 4.78 is 1.56. The molecule has 4 aromatic rings. The number of benzene rings is 2. The number of aliphatic imine (C=N–C) groups is 1. The van der Waals surface area contributed by atoms with Gasteiger partial charge in [-0.3, -0.25) is 9.89 Å². The van der Waals surface area contributed by atoms with Gasteiger partial charge in [0.2, 0.25) is 0 Å². The molecule has 0 radical (unpaired) electrons. The first-order valence-corrected chi connectivity index (χ1v) is 9.08. The first-order valence-electron chi connectivity index (χ1n) is 9.08. The smallest absolute Gasteiger partial charge is 0.280 e. The maximum absolute atomic E-state index is 13.3. The first-order chi connectivity index (χ1) is 13.6. The average Bonchev–Trinajstić information content (AvgIpc) is 3.06. The average molecular weight is 368 g/mol. The summed E-state index contributed by atoms with van der Waals surface area (Å²) >= 11 is 0. The summed E-state index contributed by atoms with van der Waals surface area (Å²) in [5, 5.41) is 3.26. The lowest BCUT2D eigenvalue weighted by Crippen LogP contribution is -2.19. The number of aromatic nitrogens is 3. The summed E-state index contributed by atoms with van der Waals surface area (Å²) in [4.78, 5) is 22.3. The summed E-state index contributed by atoms with van der Waals surface area (Å²) in [6, 6.07) is 25.0. The second-order valence-electron chi connectivity index (χ2n) is 6.54. The molecule has 0 fully saturated rings. The van der Waals surface area contributed by atoms with Crippen LogP contribution in [0.1, 0.15) is 18.2 Å². The fraction of sp³-hybridized carbons (Fsp3) is 0.0870. The predicted molar refractivity (Wildman–Crippen MR) is 113 cm³/mol. The van der Waals surface area contributed by atoms with Crippen molar-refractivity contribution in [1.29, 1.82) is 0 Å². The van der Waals surface area contributed by atoms with E-state index in [0.29, 0.717) is 17.1 Å². The second kappa shape index (κ2) is 7.48. The minimum atomic E-state index is -0.140. The van der Waals surface area contributed by atoms with E-state index in [1.54, 1.807) is 4.68 Å². The summed E-state index contributed by atoms with van der Waals surface area (Å²) in [5.41, 5.74) is 4.34. The van der Waals surface area contributed by atoms with Crippen LogP contribution in [0.25, 0.3) is 16.9 Å². The summed E-state index contributed by atoms with van der Waals surface area (Å²) in [6.45, 7) is 3.76. The van der Waals surface area contributed by atoms with Gasteiger partial charge in [0.1, 0.15) is 0 Å². The van der Waals surface area contributed by atoms with E-state index in [-0.39, 0.29) is 5.56 Å². The van der Waals surface area contributed by atoms with Crippen molar-refractivity contribution in [3.63, 3.8) is 0 Å². The Balaban J connectivity index is 1.92. The lowest BCUT2D eigenvalue weighted by molar-refractivity contribution is 0.852. The van der Waals surface area contributed by atoms with Gasteiger partial charge in [-0.1, -0.05) is 54.6 Å². The molecule has 0 bridgehead atoms. The molecule has 4 rings (SSSR count). The molecule has 28 heavy (non-hydrogen) atoms. The quantitative estimate of drug-likeness (QED) is 0.532. The van der Waals surface area contributed by atoms with Crippen LogP contribution in [0.2, 0.25) is 0 Å². The van der Waals surface area contributed by atoms with E-state index in [0.717, 1.165) is 22.6 Å². The molecule has 5 nitrogen and oxygen atoms in total. The van der Waals surface area contributed by atoms with Gasteiger partial charge in [-0.15, -0.1) is 0 Å².